The number of rotatable bonds is 6. The van der Waals surface area contributed by atoms with Gasteiger partial charge in [-0.05, 0) is 48.0 Å². The van der Waals surface area contributed by atoms with Gasteiger partial charge >= 0.3 is 0 Å². The zero-order valence-electron chi connectivity index (χ0n) is 14.7. The molecule has 0 aliphatic carbocycles. The van der Waals surface area contributed by atoms with Crippen molar-refractivity contribution in [1.29, 1.82) is 0 Å². The second kappa shape index (κ2) is 7.73. The van der Waals surface area contributed by atoms with Gasteiger partial charge in [0.15, 0.2) is 5.82 Å². The molecular weight excluding hydrogens is 364 g/mol. The maximum atomic E-state index is 5.90. The number of aromatic nitrogens is 4. The highest BCUT2D eigenvalue weighted by molar-refractivity contribution is 6.30. The van der Waals surface area contributed by atoms with Crippen molar-refractivity contribution in [3.8, 4) is 17.0 Å². The van der Waals surface area contributed by atoms with Gasteiger partial charge in [0, 0.05) is 23.9 Å². The largest absolute Gasteiger partial charge is 0.489 e. The lowest BCUT2D eigenvalue weighted by molar-refractivity contribution is 0.178. The Morgan fingerprint density at radius 3 is 2.48 bits per heavy atom. The van der Waals surface area contributed by atoms with Crippen molar-refractivity contribution in [2.45, 2.75) is 13.2 Å². The molecule has 0 atom stereocenters. The molecule has 0 N–H and O–H groups in total. The molecule has 0 aliphatic rings. The van der Waals surface area contributed by atoms with Crippen LogP contribution in [0.15, 0.2) is 60.8 Å². The standard InChI is InChI=1S/C20H17ClN4O2/c1-26-13-19-23-20-22-11-10-18(25(20)24-19)15-4-8-17(9-5-15)27-12-14-2-6-16(21)7-3-14/h2-11H,12-13H2,1H3. The third kappa shape index (κ3) is 3.92. The third-order valence-corrected chi connectivity index (χ3v) is 4.28. The lowest BCUT2D eigenvalue weighted by Crippen LogP contribution is -1.97. The van der Waals surface area contributed by atoms with Gasteiger partial charge in [0.1, 0.15) is 19.0 Å². The van der Waals surface area contributed by atoms with E-state index in [1.165, 1.54) is 0 Å². The molecule has 0 unspecified atom stereocenters. The summed E-state index contributed by atoms with van der Waals surface area (Å²) in [6.07, 6.45) is 1.72. The number of hydrogen-bond donors (Lipinski definition) is 0. The normalized spacial score (nSPS) is 11.0. The van der Waals surface area contributed by atoms with E-state index < -0.39 is 0 Å². The average molecular weight is 381 g/mol. The molecule has 0 bridgehead atoms. The van der Waals surface area contributed by atoms with E-state index in [1.807, 2.05) is 54.6 Å². The molecule has 0 spiro atoms. The summed E-state index contributed by atoms with van der Waals surface area (Å²) in [5.74, 6) is 1.93. The number of halogens is 1. The second-order valence-corrected chi connectivity index (χ2v) is 6.38. The lowest BCUT2D eigenvalue weighted by atomic mass is 10.1. The summed E-state index contributed by atoms with van der Waals surface area (Å²) in [6, 6.07) is 17.4. The Labute approximate surface area is 161 Å². The number of methoxy groups -OCH3 is 1. The Hall–Kier alpha value is -2.96. The van der Waals surface area contributed by atoms with E-state index >= 15 is 0 Å². The van der Waals surface area contributed by atoms with Gasteiger partial charge in [0.05, 0.1) is 5.69 Å². The molecule has 136 valence electrons. The first-order valence-corrected chi connectivity index (χ1v) is 8.78. The number of ether oxygens (including phenoxy) is 2. The van der Waals surface area contributed by atoms with Crippen LogP contribution >= 0.6 is 11.6 Å². The average Bonchev–Trinajstić information content (AvgIpc) is 3.11. The van der Waals surface area contributed by atoms with Gasteiger partial charge in [-0.3, -0.25) is 0 Å². The smallest absolute Gasteiger partial charge is 0.253 e. The number of nitrogens with zero attached hydrogens (tertiary/aromatic N) is 4. The van der Waals surface area contributed by atoms with E-state index in [1.54, 1.807) is 17.8 Å². The molecule has 4 rings (SSSR count). The molecule has 2 heterocycles. The monoisotopic (exact) mass is 380 g/mol. The molecule has 0 aliphatic heterocycles. The molecule has 0 saturated carbocycles. The Bertz CT molecular complexity index is 1050. The zero-order valence-corrected chi connectivity index (χ0v) is 15.4. The van der Waals surface area contributed by atoms with Crippen molar-refractivity contribution in [3.05, 3.63) is 77.2 Å². The van der Waals surface area contributed by atoms with E-state index in [2.05, 4.69) is 15.1 Å². The molecule has 6 nitrogen and oxygen atoms in total. The van der Waals surface area contributed by atoms with Gasteiger partial charge in [0.25, 0.3) is 5.78 Å². The van der Waals surface area contributed by atoms with Crippen LogP contribution in [0.4, 0.5) is 0 Å². The molecule has 4 aromatic rings. The molecule has 2 aromatic heterocycles. The van der Waals surface area contributed by atoms with E-state index in [0.29, 0.717) is 29.8 Å². The van der Waals surface area contributed by atoms with Crippen molar-refractivity contribution < 1.29 is 9.47 Å². The van der Waals surface area contributed by atoms with Crippen LogP contribution in [-0.4, -0.2) is 26.7 Å². The molecule has 2 aromatic carbocycles. The number of benzene rings is 2. The Balaban J connectivity index is 1.53. The topological polar surface area (TPSA) is 61.5 Å². The number of fused-ring (bicyclic) bond motifs is 1. The van der Waals surface area contributed by atoms with Gasteiger partial charge in [-0.25, -0.2) is 4.98 Å². The van der Waals surface area contributed by atoms with Crippen molar-refractivity contribution in [2.75, 3.05) is 7.11 Å². The van der Waals surface area contributed by atoms with Crippen LogP contribution in [0.2, 0.25) is 5.02 Å². The second-order valence-electron chi connectivity index (χ2n) is 5.94. The van der Waals surface area contributed by atoms with Crippen molar-refractivity contribution in [3.63, 3.8) is 0 Å². The number of hydrogen-bond acceptors (Lipinski definition) is 5. The van der Waals surface area contributed by atoms with Crippen LogP contribution in [0.5, 0.6) is 5.75 Å². The van der Waals surface area contributed by atoms with Crippen LogP contribution < -0.4 is 4.74 Å². The minimum absolute atomic E-state index is 0.347. The summed E-state index contributed by atoms with van der Waals surface area (Å²) in [6.45, 7) is 0.833. The molecule has 0 fully saturated rings. The summed E-state index contributed by atoms with van der Waals surface area (Å²) in [5.41, 5.74) is 2.96. The van der Waals surface area contributed by atoms with Gasteiger partial charge < -0.3 is 9.47 Å². The first-order valence-electron chi connectivity index (χ1n) is 8.40. The van der Waals surface area contributed by atoms with Crippen LogP contribution in [-0.2, 0) is 18.0 Å². The van der Waals surface area contributed by atoms with Gasteiger partial charge in [-0.1, -0.05) is 23.7 Å². The Kier molecular flexibility index (Phi) is 5.00. The fourth-order valence-corrected chi connectivity index (χ4v) is 2.84. The van der Waals surface area contributed by atoms with Crippen LogP contribution in [0.25, 0.3) is 17.0 Å². The van der Waals surface area contributed by atoms with E-state index in [9.17, 15) is 0 Å². The Morgan fingerprint density at radius 2 is 1.74 bits per heavy atom. The highest BCUT2D eigenvalue weighted by Gasteiger charge is 2.10. The van der Waals surface area contributed by atoms with Crippen LogP contribution in [0.1, 0.15) is 11.4 Å². The van der Waals surface area contributed by atoms with Crippen LogP contribution in [0, 0.1) is 0 Å². The lowest BCUT2D eigenvalue weighted by Gasteiger charge is -2.08. The predicted octanol–water partition coefficient (Wildman–Crippen LogP) is 4.17. The van der Waals surface area contributed by atoms with E-state index in [-0.39, 0.29) is 0 Å². The van der Waals surface area contributed by atoms with Crippen molar-refractivity contribution in [2.24, 2.45) is 0 Å². The summed E-state index contributed by atoms with van der Waals surface area (Å²) in [7, 11) is 1.61. The van der Waals surface area contributed by atoms with Gasteiger partial charge in [-0.15, -0.1) is 5.10 Å². The Morgan fingerprint density at radius 1 is 0.963 bits per heavy atom. The molecular formula is C20H17ClN4O2. The molecule has 0 amide bonds. The minimum Gasteiger partial charge on any atom is -0.489 e. The highest BCUT2D eigenvalue weighted by Crippen LogP contribution is 2.23. The summed E-state index contributed by atoms with van der Waals surface area (Å²) in [4.78, 5) is 8.61. The maximum absolute atomic E-state index is 5.90. The minimum atomic E-state index is 0.347. The van der Waals surface area contributed by atoms with Crippen LogP contribution in [0.3, 0.4) is 0 Å². The SMILES string of the molecule is COCc1nc2nccc(-c3ccc(OCc4ccc(Cl)cc4)cc3)n2n1. The highest BCUT2D eigenvalue weighted by atomic mass is 35.5. The molecule has 0 radical (unpaired) electrons. The van der Waals surface area contributed by atoms with E-state index in [4.69, 9.17) is 21.1 Å². The first-order chi connectivity index (χ1) is 13.2. The molecule has 27 heavy (non-hydrogen) atoms. The maximum Gasteiger partial charge on any atom is 0.253 e. The predicted molar refractivity (Wildman–Crippen MR) is 103 cm³/mol. The first kappa shape index (κ1) is 17.5. The third-order valence-electron chi connectivity index (χ3n) is 4.03. The van der Waals surface area contributed by atoms with Gasteiger partial charge in [0.2, 0.25) is 0 Å². The summed E-state index contributed by atoms with van der Waals surface area (Å²) in [5, 5.41) is 5.18. The summed E-state index contributed by atoms with van der Waals surface area (Å²) >= 11 is 5.90. The van der Waals surface area contributed by atoms with Gasteiger partial charge in [-0.2, -0.15) is 9.50 Å². The molecule has 0 saturated heterocycles. The zero-order chi connectivity index (χ0) is 18.6. The quantitative estimate of drug-likeness (QED) is 0.502. The fourth-order valence-electron chi connectivity index (χ4n) is 2.71. The van der Waals surface area contributed by atoms with Crippen molar-refractivity contribution >= 4 is 17.4 Å². The van der Waals surface area contributed by atoms with E-state index in [0.717, 1.165) is 22.6 Å². The fraction of sp³-hybridized carbons (Fsp3) is 0.150. The van der Waals surface area contributed by atoms with Crippen molar-refractivity contribution in [1.82, 2.24) is 19.6 Å². The summed E-state index contributed by atoms with van der Waals surface area (Å²) < 4.78 is 12.7. The molecule has 7 heteroatoms.